The third kappa shape index (κ3) is 3.97. The van der Waals surface area contributed by atoms with Crippen molar-refractivity contribution in [3.8, 4) is 11.8 Å². The maximum atomic E-state index is 10.2. The van der Waals surface area contributed by atoms with Crippen molar-refractivity contribution in [3.63, 3.8) is 0 Å². The van der Waals surface area contributed by atoms with E-state index >= 15 is 0 Å². The smallest absolute Gasteiger partial charge is 0.235 e. The second-order valence-electron chi connectivity index (χ2n) is 3.24. The molecule has 0 heterocycles. The van der Waals surface area contributed by atoms with Crippen LogP contribution in [0.15, 0.2) is 30.5 Å². The van der Waals surface area contributed by atoms with Gasteiger partial charge in [-0.15, -0.1) is 0 Å². The van der Waals surface area contributed by atoms with Crippen LogP contribution in [0.1, 0.15) is 30.9 Å². The number of hydrogen-bond donors (Lipinski definition) is 0. The minimum atomic E-state index is -0.476. The molecule has 0 radical (unpaired) electrons. The summed E-state index contributed by atoms with van der Waals surface area (Å²) in [4.78, 5) is 9.75. The highest BCUT2D eigenvalue weighted by atomic mass is 16.6. The fraction of sp³-hybridized carbons (Fsp3) is 0.231. The monoisotopic (exact) mass is 215 g/mol. The summed E-state index contributed by atoms with van der Waals surface area (Å²) in [5.74, 6) is 6.04. The molecule has 1 aromatic carbocycles. The predicted octanol–water partition coefficient (Wildman–Crippen LogP) is 3.09. The third-order valence-electron chi connectivity index (χ3n) is 1.93. The Labute approximate surface area is 94.9 Å². The Balaban J connectivity index is 2.93. The Morgan fingerprint density at radius 3 is 2.88 bits per heavy atom. The van der Waals surface area contributed by atoms with Gasteiger partial charge in [-0.1, -0.05) is 37.0 Å². The van der Waals surface area contributed by atoms with E-state index in [-0.39, 0.29) is 0 Å². The van der Waals surface area contributed by atoms with Crippen LogP contribution in [-0.2, 0) is 0 Å². The van der Waals surface area contributed by atoms with Crippen molar-refractivity contribution in [2.24, 2.45) is 0 Å². The summed E-state index contributed by atoms with van der Waals surface area (Å²) in [5, 5.41) is 10.2. The van der Waals surface area contributed by atoms with Crippen molar-refractivity contribution in [2.75, 3.05) is 0 Å². The molecular weight excluding hydrogens is 202 g/mol. The first-order valence-electron chi connectivity index (χ1n) is 5.13. The van der Waals surface area contributed by atoms with Gasteiger partial charge in [0.2, 0.25) is 6.20 Å². The molecule has 82 valence electrons. The van der Waals surface area contributed by atoms with Crippen molar-refractivity contribution in [2.45, 2.75) is 19.8 Å². The maximum absolute atomic E-state index is 10.2. The fourth-order valence-corrected chi connectivity index (χ4v) is 1.18. The molecule has 0 amide bonds. The van der Waals surface area contributed by atoms with Gasteiger partial charge in [0, 0.05) is 18.1 Å². The van der Waals surface area contributed by atoms with E-state index in [2.05, 4.69) is 18.8 Å². The van der Waals surface area contributed by atoms with Gasteiger partial charge in [-0.2, -0.15) is 0 Å². The van der Waals surface area contributed by atoms with E-state index in [0.717, 1.165) is 30.2 Å². The molecule has 3 heteroatoms. The molecule has 1 aromatic rings. The Kier molecular flexibility index (Phi) is 4.81. The number of nitrogens with zero attached hydrogens (tertiary/aromatic N) is 1. The zero-order valence-corrected chi connectivity index (χ0v) is 9.14. The van der Waals surface area contributed by atoms with E-state index in [0.29, 0.717) is 0 Å². The highest BCUT2D eigenvalue weighted by Crippen LogP contribution is 2.09. The molecule has 0 aromatic heterocycles. The Morgan fingerprint density at radius 2 is 2.19 bits per heavy atom. The average molecular weight is 215 g/mol. The van der Waals surface area contributed by atoms with Crippen LogP contribution in [0.3, 0.4) is 0 Å². The van der Waals surface area contributed by atoms with Crippen LogP contribution in [0.25, 0.3) is 6.08 Å². The molecule has 0 aliphatic carbocycles. The SMILES string of the molecule is CCCC#Cc1ccccc1/C=C/[N+](=O)[O-]. The second kappa shape index (κ2) is 6.41. The molecule has 0 saturated carbocycles. The molecule has 3 nitrogen and oxygen atoms in total. The molecular formula is C13H13NO2. The molecule has 0 unspecified atom stereocenters. The summed E-state index contributed by atoms with van der Waals surface area (Å²) in [6.45, 7) is 2.06. The van der Waals surface area contributed by atoms with Crippen LogP contribution in [0, 0.1) is 22.0 Å². The first-order chi connectivity index (χ1) is 7.74. The van der Waals surface area contributed by atoms with Crippen LogP contribution in [0.4, 0.5) is 0 Å². The molecule has 16 heavy (non-hydrogen) atoms. The Morgan fingerprint density at radius 1 is 1.44 bits per heavy atom. The summed E-state index contributed by atoms with van der Waals surface area (Å²) >= 11 is 0. The number of nitro groups is 1. The minimum absolute atomic E-state index is 0.476. The molecule has 0 fully saturated rings. The number of rotatable bonds is 3. The normalized spacial score (nSPS) is 9.81. The summed E-state index contributed by atoms with van der Waals surface area (Å²) in [6, 6.07) is 7.39. The van der Waals surface area contributed by atoms with Crippen LogP contribution in [0.5, 0.6) is 0 Å². The first kappa shape index (κ1) is 12.0. The highest BCUT2D eigenvalue weighted by molar-refractivity contribution is 5.58. The summed E-state index contributed by atoms with van der Waals surface area (Å²) in [7, 11) is 0. The number of benzene rings is 1. The zero-order chi connectivity index (χ0) is 11.8. The van der Waals surface area contributed by atoms with E-state index in [4.69, 9.17) is 0 Å². The van der Waals surface area contributed by atoms with Crippen LogP contribution >= 0.6 is 0 Å². The largest absolute Gasteiger partial charge is 0.259 e. The van der Waals surface area contributed by atoms with Gasteiger partial charge in [-0.25, -0.2) is 0 Å². The van der Waals surface area contributed by atoms with E-state index in [9.17, 15) is 10.1 Å². The van der Waals surface area contributed by atoms with Gasteiger partial charge in [0.1, 0.15) is 0 Å². The van der Waals surface area contributed by atoms with E-state index in [1.54, 1.807) is 0 Å². The number of hydrogen-bond acceptors (Lipinski definition) is 2. The van der Waals surface area contributed by atoms with Crippen LogP contribution in [0.2, 0.25) is 0 Å². The van der Waals surface area contributed by atoms with E-state index < -0.39 is 4.92 Å². The predicted molar refractivity (Wildman–Crippen MR) is 64.3 cm³/mol. The molecule has 0 bridgehead atoms. The first-order valence-corrected chi connectivity index (χ1v) is 5.13. The molecule has 0 atom stereocenters. The van der Waals surface area contributed by atoms with Crippen LogP contribution in [-0.4, -0.2) is 4.92 Å². The van der Waals surface area contributed by atoms with Crippen LogP contribution < -0.4 is 0 Å². The van der Waals surface area contributed by atoms with Gasteiger partial charge in [0.25, 0.3) is 0 Å². The van der Waals surface area contributed by atoms with Gasteiger partial charge in [0.05, 0.1) is 4.92 Å². The lowest BCUT2D eigenvalue weighted by Crippen LogP contribution is -1.85. The van der Waals surface area contributed by atoms with Crippen molar-refractivity contribution >= 4 is 6.08 Å². The van der Waals surface area contributed by atoms with Crippen molar-refractivity contribution in [1.29, 1.82) is 0 Å². The van der Waals surface area contributed by atoms with E-state index in [1.165, 1.54) is 6.08 Å². The minimum Gasteiger partial charge on any atom is -0.259 e. The molecule has 0 saturated heterocycles. The topological polar surface area (TPSA) is 43.1 Å². The zero-order valence-electron chi connectivity index (χ0n) is 9.14. The van der Waals surface area contributed by atoms with Crippen molar-refractivity contribution in [1.82, 2.24) is 0 Å². The standard InChI is InChI=1S/C13H13NO2/c1-2-3-4-7-12-8-5-6-9-13(12)10-11-14(15)16/h5-6,8-11H,2-3H2,1H3/b11-10+. The van der Waals surface area contributed by atoms with Gasteiger partial charge < -0.3 is 0 Å². The second-order valence-corrected chi connectivity index (χ2v) is 3.24. The molecule has 0 aliphatic heterocycles. The van der Waals surface area contributed by atoms with Gasteiger partial charge >= 0.3 is 0 Å². The summed E-state index contributed by atoms with van der Waals surface area (Å²) in [6.07, 6.45) is 4.25. The molecule has 1 rings (SSSR count). The molecule has 0 N–H and O–H groups in total. The van der Waals surface area contributed by atoms with E-state index in [1.807, 2.05) is 24.3 Å². The van der Waals surface area contributed by atoms with Crippen molar-refractivity contribution < 1.29 is 4.92 Å². The molecule has 0 aliphatic rings. The average Bonchev–Trinajstić information content (AvgIpc) is 2.28. The molecule has 0 spiro atoms. The Bertz CT molecular complexity index is 452. The van der Waals surface area contributed by atoms with Gasteiger partial charge in [-0.3, -0.25) is 10.1 Å². The summed E-state index contributed by atoms with van der Waals surface area (Å²) in [5.41, 5.74) is 1.61. The third-order valence-corrected chi connectivity index (χ3v) is 1.93. The number of unbranched alkanes of at least 4 members (excludes halogenated alkanes) is 1. The summed E-state index contributed by atoms with van der Waals surface area (Å²) < 4.78 is 0. The van der Waals surface area contributed by atoms with Gasteiger partial charge in [-0.05, 0) is 18.1 Å². The fourth-order valence-electron chi connectivity index (χ4n) is 1.18. The Hall–Kier alpha value is -2.08. The maximum Gasteiger partial charge on any atom is 0.235 e. The highest BCUT2D eigenvalue weighted by Gasteiger charge is 1.96. The lowest BCUT2D eigenvalue weighted by atomic mass is 10.1. The quantitative estimate of drug-likeness (QED) is 0.441. The lowest BCUT2D eigenvalue weighted by molar-refractivity contribution is -0.400. The van der Waals surface area contributed by atoms with Gasteiger partial charge in [0.15, 0.2) is 0 Å². The van der Waals surface area contributed by atoms with Crippen molar-refractivity contribution in [3.05, 3.63) is 51.7 Å². The lowest BCUT2D eigenvalue weighted by Gasteiger charge is -1.95.